The lowest BCUT2D eigenvalue weighted by Crippen LogP contribution is -2.14. The molecule has 1 aliphatic carbocycles. The summed E-state index contributed by atoms with van der Waals surface area (Å²) in [5.74, 6) is 1.74. The molecule has 1 aromatic rings. The van der Waals surface area contributed by atoms with Crippen molar-refractivity contribution in [1.29, 1.82) is 0 Å². The Kier molecular flexibility index (Phi) is 2.28. The fraction of sp³-hybridized carbons (Fsp3) is 0.571. The maximum Gasteiger partial charge on any atom is -0.00142 e. The maximum atomic E-state index is 3.49. The highest BCUT2D eigenvalue weighted by atomic mass is 14.9. The Balaban J connectivity index is 1.92. The first-order chi connectivity index (χ1) is 7.34. The summed E-state index contributed by atoms with van der Waals surface area (Å²) < 4.78 is 0. The van der Waals surface area contributed by atoms with Crippen LogP contribution in [0.2, 0.25) is 0 Å². The van der Waals surface area contributed by atoms with E-state index in [1.54, 1.807) is 11.1 Å². The van der Waals surface area contributed by atoms with Gasteiger partial charge in [-0.2, -0.15) is 0 Å². The van der Waals surface area contributed by atoms with Crippen LogP contribution in [-0.4, -0.2) is 13.1 Å². The third-order valence-electron chi connectivity index (χ3n) is 4.09. The van der Waals surface area contributed by atoms with Gasteiger partial charge in [0.2, 0.25) is 0 Å². The number of aryl methyl sites for hydroxylation is 2. The van der Waals surface area contributed by atoms with Gasteiger partial charge in [-0.25, -0.2) is 0 Å². The van der Waals surface area contributed by atoms with Crippen LogP contribution >= 0.6 is 0 Å². The third-order valence-corrected chi connectivity index (χ3v) is 4.09. The summed E-state index contributed by atoms with van der Waals surface area (Å²) in [4.78, 5) is 0. The van der Waals surface area contributed by atoms with Gasteiger partial charge < -0.3 is 5.32 Å². The van der Waals surface area contributed by atoms with Crippen molar-refractivity contribution in [2.75, 3.05) is 13.1 Å². The van der Waals surface area contributed by atoms with E-state index in [1.165, 1.54) is 37.9 Å². The van der Waals surface area contributed by atoms with Crippen molar-refractivity contribution in [3.63, 3.8) is 0 Å². The zero-order chi connectivity index (χ0) is 10.3. The monoisotopic (exact) mass is 201 g/mol. The second-order valence-corrected chi connectivity index (χ2v) is 5.10. The highest BCUT2D eigenvalue weighted by Crippen LogP contribution is 2.40. The minimum atomic E-state index is 0.842. The Morgan fingerprint density at radius 1 is 1.27 bits per heavy atom. The Labute approximate surface area is 91.9 Å². The summed E-state index contributed by atoms with van der Waals surface area (Å²) >= 11 is 0. The quantitative estimate of drug-likeness (QED) is 0.736. The van der Waals surface area contributed by atoms with Gasteiger partial charge in [-0.05, 0) is 62.2 Å². The van der Waals surface area contributed by atoms with E-state index in [2.05, 4.69) is 30.4 Å². The zero-order valence-electron chi connectivity index (χ0n) is 9.42. The molecule has 80 valence electrons. The average molecular weight is 201 g/mol. The van der Waals surface area contributed by atoms with Crippen LogP contribution in [0.25, 0.3) is 0 Å². The lowest BCUT2D eigenvalue weighted by atomic mass is 9.86. The molecule has 1 saturated heterocycles. The average Bonchev–Trinajstić information content (AvgIpc) is 2.83. The van der Waals surface area contributed by atoms with Crippen LogP contribution in [-0.2, 0) is 6.42 Å². The SMILES string of the molecule is Cc1ccc2c(c1)C(C1CCNC1)CC2. The molecule has 2 unspecified atom stereocenters. The smallest absolute Gasteiger partial charge is 0.00142 e. The van der Waals surface area contributed by atoms with Gasteiger partial charge >= 0.3 is 0 Å². The van der Waals surface area contributed by atoms with Gasteiger partial charge in [0.1, 0.15) is 0 Å². The van der Waals surface area contributed by atoms with Gasteiger partial charge in [0.25, 0.3) is 0 Å². The number of rotatable bonds is 1. The van der Waals surface area contributed by atoms with Gasteiger partial charge in [-0.15, -0.1) is 0 Å². The topological polar surface area (TPSA) is 12.0 Å². The van der Waals surface area contributed by atoms with Crippen LogP contribution in [0.3, 0.4) is 0 Å². The number of benzene rings is 1. The molecule has 3 rings (SSSR count). The van der Waals surface area contributed by atoms with E-state index in [4.69, 9.17) is 0 Å². The minimum absolute atomic E-state index is 0.842. The normalized spacial score (nSPS) is 29.4. The molecule has 1 N–H and O–H groups in total. The van der Waals surface area contributed by atoms with E-state index < -0.39 is 0 Å². The van der Waals surface area contributed by atoms with Crippen molar-refractivity contribution in [1.82, 2.24) is 5.32 Å². The Morgan fingerprint density at radius 3 is 3.00 bits per heavy atom. The third kappa shape index (κ3) is 1.59. The predicted octanol–water partition coefficient (Wildman–Crippen LogP) is 2.63. The highest BCUT2D eigenvalue weighted by Gasteiger charge is 2.31. The lowest BCUT2D eigenvalue weighted by Gasteiger charge is -2.18. The largest absolute Gasteiger partial charge is 0.316 e. The van der Waals surface area contributed by atoms with Crippen LogP contribution in [0.15, 0.2) is 18.2 Å². The van der Waals surface area contributed by atoms with Gasteiger partial charge in [0.05, 0.1) is 0 Å². The maximum absolute atomic E-state index is 3.49. The molecule has 0 bridgehead atoms. The van der Waals surface area contributed by atoms with E-state index >= 15 is 0 Å². The first-order valence-electron chi connectivity index (χ1n) is 6.15. The van der Waals surface area contributed by atoms with Crippen molar-refractivity contribution in [3.8, 4) is 0 Å². The summed E-state index contributed by atoms with van der Waals surface area (Å²) in [7, 11) is 0. The van der Waals surface area contributed by atoms with Crippen molar-refractivity contribution in [2.24, 2.45) is 5.92 Å². The number of nitrogens with one attached hydrogen (secondary N) is 1. The standard InChI is InChI=1S/C14H19N/c1-10-2-3-11-4-5-13(14(11)8-10)12-6-7-15-9-12/h2-3,8,12-13,15H,4-7,9H2,1H3. The second-order valence-electron chi connectivity index (χ2n) is 5.10. The number of hydrogen-bond acceptors (Lipinski definition) is 1. The van der Waals surface area contributed by atoms with Crippen LogP contribution in [0.4, 0.5) is 0 Å². The van der Waals surface area contributed by atoms with Crippen molar-refractivity contribution in [2.45, 2.75) is 32.1 Å². The minimum Gasteiger partial charge on any atom is -0.316 e. The summed E-state index contributed by atoms with van der Waals surface area (Å²) in [5.41, 5.74) is 4.69. The van der Waals surface area contributed by atoms with Crippen molar-refractivity contribution < 1.29 is 0 Å². The van der Waals surface area contributed by atoms with Crippen molar-refractivity contribution >= 4 is 0 Å². The van der Waals surface area contributed by atoms with Gasteiger partial charge in [0.15, 0.2) is 0 Å². The lowest BCUT2D eigenvalue weighted by molar-refractivity contribution is 0.455. The first-order valence-corrected chi connectivity index (χ1v) is 6.15. The predicted molar refractivity (Wildman–Crippen MR) is 63.2 cm³/mol. The van der Waals surface area contributed by atoms with Gasteiger partial charge in [-0.3, -0.25) is 0 Å². The molecule has 0 amide bonds. The number of hydrogen-bond donors (Lipinski definition) is 1. The Morgan fingerprint density at radius 2 is 2.20 bits per heavy atom. The summed E-state index contributed by atoms with van der Waals surface area (Å²) in [5, 5.41) is 3.49. The molecule has 1 nitrogen and oxygen atoms in total. The fourth-order valence-corrected chi connectivity index (χ4v) is 3.26. The van der Waals surface area contributed by atoms with E-state index in [0.717, 1.165) is 11.8 Å². The number of fused-ring (bicyclic) bond motifs is 1. The van der Waals surface area contributed by atoms with E-state index in [-0.39, 0.29) is 0 Å². The molecule has 1 heteroatoms. The molecule has 0 radical (unpaired) electrons. The highest BCUT2D eigenvalue weighted by molar-refractivity contribution is 5.38. The molecule has 2 atom stereocenters. The van der Waals surface area contributed by atoms with E-state index in [0.29, 0.717) is 0 Å². The molecule has 0 spiro atoms. The molecule has 0 saturated carbocycles. The Hall–Kier alpha value is -0.820. The first kappa shape index (κ1) is 9.41. The fourth-order valence-electron chi connectivity index (χ4n) is 3.26. The zero-order valence-corrected chi connectivity index (χ0v) is 9.42. The Bertz CT molecular complexity index is 364. The van der Waals surface area contributed by atoms with Crippen LogP contribution in [0.5, 0.6) is 0 Å². The van der Waals surface area contributed by atoms with Gasteiger partial charge in [0, 0.05) is 0 Å². The molecular formula is C14H19N. The van der Waals surface area contributed by atoms with Crippen LogP contribution in [0.1, 0.15) is 35.4 Å². The molecule has 1 heterocycles. The summed E-state index contributed by atoms with van der Waals surface area (Å²) in [6.45, 7) is 4.67. The molecule has 0 aromatic heterocycles. The second kappa shape index (κ2) is 3.64. The summed E-state index contributed by atoms with van der Waals surface area (Å²) in [6, 6.07) is 7.02. The molecule has 15 heavy (non-hydrogen) atoms. The van der Waals surface area contributed by atoms with E-state index in [1.807, 2.05) is 0 Å². The molecule has 1 aromatic carbocycles. The summed E-state index contributed by atoms with van der Waals surface area (Å²) in [6.07, 6.45) is 4.06. The van der Waals surface area contributed by atoms with Crippen LogP contribution < -0.4 is 5.32 Å². The van der Waals surface area contributed by atoms with Crippen molar-refractivity contribution in [3.05, 3.63) is 34.9 Å². The molecule has 2 aliphatic rings. The molecule has 1 aliphatic heterocycles. The molecule has 1 fully saturated rings. The van der Waals surface area contributed by atoms with Gasteiger partial charge in [-0.1, -0.05) is 23.8 Å². The van der Waals surface area contributed by atoms with E-state index in [9.17, 15) is 0 Å². The van der Waals surface area contributed by atoms with Crippen LogP contribution in [0, 0.1) is 12.8 Å². The molecular weight excluding hydrogens is 182 g/mol.